The van der Waals surface area contributed by atoms with Crippen molar-refractivity contribution in [3.8, 4) is 0 Å². The summed E-state index contributed by atoms with van der Waals surface area (Å²) >= 11 is 12.0. The molecule has 0 unspecified atom stereocenters. The second-order valence-electron chi connectivity index (χ2n) is 7.68. The van der Waals surface area contributed by atoms with Crippen molar-refractivity contribution in [1.29, 1.82) is 0 Å². The Morgan fingerprint density at radius 1 is 1.44 bits per heavy atom. The first-order chi connectivity index (χ1) is 12.8. The Balaban J connectivity index is 1.72. The fourth-order valence-corrected chi connectivity index (χ4v) is 3.92. The zero-order valence-electron chi connectivity index (χ0n) is 15.8. The van der Waals surface area contributed by atoms with Crippen molar-refractivity contribution in [2.24, 2.45) is 16.4 Å². The van der Waals surface area contributed by atoms with E-state index in [9.17, 15) is 4.79 Å². The monoisotopic (exact) mass is 406 g/mol. The number of halogens is 2. The molecule has 1 aromatic heterocycles. The molecule has 2 aromatic rings. The molecule has 0 fully saturated rings. The Kier molecular flexibility index (Phi) is 5.92. The summed E-state index contributed by atoms with van der Waals surface area (Å²) < 4.78 is 0. The van der Waals surface area contributed by atoms with E-state index in [4.69, 9.17) is 23.2 Å². The number of amides is 1. The zero-order valence-corrected chi connectivity index (χ0v) is 17.3. The van der Waals surface area contributed by atoms with E-state index < -0.39 is 0 Å². The first-order valence-electron chi connectivity index (χ1n) is 9.16. The van der Waals surface area contributed by atoms with Crippen LogP contribution in [0.25, 0.3) is 0 Å². The van der Waals surface area contributed by atoms with E-state index >= 15 is 0 Å². The minimum Gasteiger partial charge on any atom is -0.281 e. The van der Waals surface area contributed by atoms with Gasteiger partial charge in [-0.25, -0.2) is 5.43 Å². The average Bonchev–Trinajstić information content (AvgIpc) is 3.06. The third-order valence-electron chi connectivity index (χ3n) is 5.71. The average molecular weight is 407 g/mol. The number of rotatable bonds is 5. The maximum Gasteiger partial charge on any atom is 0.292 e. The van der Waals surface area contributed by atoms with Crippen molar-refractivity contribution in [2.75, 3.05) is 0 Å². The van der Waals surface area contributed by atoms with Gasteiger partial charge in [0.15, 0.2) is 5.69 Å². The fraction of sp³-hybridized carbons (Fsp3) is 0.450. The number of hydrazone groups is 1. The van der Waals surface area contributed by atoms with Gasteiger partial charge in [-0.05, 0) is 42.7 Å². The topological polar surface area (TPSA) is 70.1 Å². The number of nitrogens with one attached hydrogen (secondary N) is 2. The maximum atomic E-state index is 12.6. The van der Waals surface area contributed by atoms with Gasteiger partial charge in [-0.3, -0.25) is 9.89 Å². The molecule has 3 rings (SSSR count). The summed E-state index contributed by atoms with van der Waals surface area (Å²) in [5.41, 5.74) is 5.98. The molecule has 1 atom stereocenters. The molecule has 1 heterocycles. The Morgan fingerprint density at radius 3 is 2.93 bits per heavy atom. The quantitative estimate of drug-likeness (QED) is 0.540. The molecule has 1 aliphatic carbocycles. The molecule has 5 nitrogen and oxygen atoms in total. The van der Waals surface area contributed by atoms with Gasteiger partial charge in [-0.2, -0.15) is 10.2 Å². The first kappa shape index (κ1) is 19.9. The van der Waals surface area contributed by atoms with Crippen LogP contribution < -0.4 is 5.43 Å². The number of hydrogen-bond donors (Lipinski definition) is 2. The van der Waals surface area contributed by atoms with Crippen LogP contribution in [0, 0.1) is 11.3 Å². The molecule has 0 aliphatic heterocycles. The van der Waals surface area contributed by atoms with Crippen molar-refractivity contribution in [1.82, 2.24) is 15.6 Å². The van der Waals surface area contributed by atoms with E-state index in [0.717, 1.165) is 36.9 Å². The Hall–Kier alpha value is -1.85. The summed E-state index contributed by atoms with van der Waals surface area (Å²) in [6.45, 7) is 6.81. The number of aromatic nitrogens is 2. The number of H-pyrrole nitrogens is 1. The number of aryl methyl sites for hydroxylation is 1. The molecule has 2 N–H and O–H groups in total. The van der Waals surface area contributed by atoms with Gasteiger partial charge in [-0.1, -0.05) is 56.5 Å². The van der Waals surface area contributed by atoms with Crippen molar-refractivity contribution in [3.05, 3.63) is 50.8 Å². The summed E-state index contributed by atoms with van der Waals surface area (Å²) in [4.78, 5) is 12.6. The second kappa shape index (κ2) is 8.03. The molecule has 0 spiro atoms. The van der Waals surface area contributed by atoms with Crippen LogP contribution in [0.2, 0.25) is 10.0 Å². The standard InChI is InChI=1S/C20H24Cl2N4O/c1-4-20(2,3)13-6-8-17-15(9-13)18(25-24-17)19(27)26-23-11-12-5-7-14(21)10-16(12)22/h5,7,10-11,13H,4,6,8-9H2,1-3H3,(H,24,25)(H,26,27)/b23-11+/t13-/m0/s1. The highest BCUT2D eigenvalue weighted by Crippen LogP contribution is 2.40. The molecule has 0 saturated heterocycles. The Morgan fingerprint density at radius 2 is 2.22 bits per heavy atom. The summed E-state index contributed by atoms with van der Waals surface area (Å²) in [6.07, 6.45) is 5.51. The molecule has 27 heavy (non-hydrogen) atoms. The van der Waals surface area contributed by atoms with Gasteiger partial charge in [0.1, 0.15) is 0 Å². The molecule has 7 heteroatoms. The van der Waals surface area contributed by atoms with Crippen LogP contribution in [0.1, 0.15) is 60.9 Å². The summed E-state index contributed by atoms with van der Waals surface area (Å²) in [7, 11) is 0. The molecular weight excluding hydrogens is 383 g/mol. The van der Waals surface area contributed by atoms with E-state index in [-0.39, 0.29) is 11.3 Å². The van der Waals surface area contributed by atoms with Gasteiger partial charge in [0, 0.05) is 21.8 Å². The summed E-state index contributed by atoms with van der Waals surface area (Å²) in [5.74, 6) is 0.222. The molecule has 0 radical (unpaired) electrons. The predicted molar refractivity (Wildman–Crippen MR) is 110 cm³/mol. The number of benzene rings is 1. The van der Waals surface area contributed by atoms with Crippen LogP contribution in [0.15, 0.2) is 23.3 Å². The highest BCUT2D eigenvalue weighted by atomic mass is 35.5. The summed E-state index contributed by atoms with van der Waals surface area (Å²) in [6, 6.07) is 5.09. The van der Waals surface area contributed by atoms with Gasteiger partial charge in [-0.15, -0.1) is 0 Å². The van der Waals surface area contributed by atoms with Crippen LogP contribution in [0.3, 0.4) is 0 Å². The van der Waals surface area contributed by atoms with Gasteiger partial charge < -0.3 is 0 Å². The smallest absolute Gasteiger partial charge is 0.281 e. The largest absolute Gasteiger partial charge is 0.292 e. The van der Waals surface area contributed by atoms with Crippen LogP contribution in [-0.2, 0) is 12.8 Å². The summed E-state index contributed by atoms with van der Waals surface area (Å²) in [5, 5.41) is 12.3. The zero-order chi connectivity index (χ0) is 19.6. The number of carbonyl (C=O) groups excluding carboxylic acids is 1. The van der Waals surface area contributed by atoms with E-state index in [0.29, 0.717) is 27.2 Å². The SMILES string of the molecule is CCC(C)(C)[C@H]1CCc2[nH]nc(C(=O)N/N=C/c3ccc(Cl)cc3Cl)c2C1. The third-order valence-corrected chi connectivity index (χ3v) is 6.27. The normalized spacial score (nSPS) is 17.1. The molecule has 144 valence electrons. The van der Waals surface area contributed by atoms with Crippen LogP contribution in [0.5, 0.6) is 0 Å². The van der Waals surface area contributed by atoms with E-state index in [1.807, 2.05) is 0 Å². The molecule has 0 saturated carbocycles. The lowest BCUT2D eigenvalue weighted by Gasteiger charge is -2.36. The lowest BCUT2D eigenvalue weighted by atomic mass is 9.69. The second-order valence-corrected chi connectivity index (χ2v) is 8.52. The van der Waals surface area contributed by atoms with E-state index in [1.165, 1.54) is 6.21 Å². The molecular formula is C20H24Cl2N4O. The molecule has 0 bridgehead atoms. The number of carbonyl (C=O) groups is 1. The number of hydrogen-bond acceptors (Lipinski definition) is 3. The first-order valence-corrected chi connectivity index (χ1v) is 9.92. The van der Waals surface area contributed by atoms with Gasteiger partial charge >= 0.3 is 0 Å². The Bertz CT molecular complexity index is 873. The predicted octanol–water partition coefficient (Wildman–Crippen LogP) is 5.02. The van der Waals surface area contributed by atoms with Crippen LogP contribution in [0.4, 0.5) is 0 Å². The molecule has 1 aliphatic rings. The van der Waals surface area contributed by atoms with Crippen LogP contribution >= 0.6 is 23.2 Å². The molecule has 1 amide bonds. The lowest BCUT2D eigenvalue weighted by molar-refractivity contribution is 0.0947. The van der Waals surface area contributed by atoms with Crippen molar-refractivity contribution >= 4 is 35.3 Å². The lowest BCUT2D eigenvalue weighted by Crippen LogP contribution is -2.30. The third kappa shape index (κ3) is 4.36. The molecule has 1 aromatic carbocycles. The van der Waals surface area contributed by atoms with Crippen molar-refractivity contribution < 1.29 is 4.79 Å². The number of aromatic amines is 1. The van der Waals surface area contributed by atoms with E-state index in [1.54, 1.807) is 18.2 Å². The van der Waals surface area contributed by atoms with E-state index in [2.05, 4.69) is 41.5 Å². The minimum absolute atomic E-state index is 0.242. The fourth-order valence-electron chi connectivity index (χ4n) is 3.46. The van der Waals surface area contributed by atoms with Gasteiger partial charge in [0.05, 0.1) is 11.2 Å². The number of fused-ring (bicyclic) bond motifs is 1. The van der Waals surface area contributed by atoms with Gasteiger partial charge in [0.25, 0.3) is 5.91 Å². The van der Waals surface area contributed by atoms with Crippen molar-refractivity contribution in [2.45, 2.75) is 46.5 Å². The minimum atomic E-state index is -0.316. The van der Waals surface area contributed by atoms with Crippen molar-refractivity contribution in [3.63, 3.8) is 0 Å². The number of nitrogens with zero attached hydrogens (tertiary/aromatic N) is 2. The maximum absolute atomic E-state index is 12.6. The highest BCUT2D eigenvalue weighted by Gasteiger charge is 2.34. The van der Waals surface area contributed by atoms with Crippen LogP contribution in [-0.4, -0.2) is 22.3 Å². The Labute approximate surface area is 169 Å². The van der Waals surface area contributed by atoms with Gasteiger partial charge in [0.2, 0.25) is 0 Å². The highest BCUT2D eigenvalue weighted by molar-refractivity contribution is 6.36.